The van der Waals surface area contributed by atoms with Crippen LogP contribution in [0.2, 0.25) is 4.34 Å². The van der Waals surface area contributed by atoms with Gasteiger partial charge in [-0.2, -0.15) is 0 Å². The van der Waals surface area contributed by atoms with Crippen LogP contribution in [0.25, 0.3) is 0 Å². The van der Waals surface area contributed by atoms with Gasteiger partial charge in [0.25, 0.3) is 0 Å². The number of rotatable bonds is 5. The Kier molecular flexibility index (Phi) is 3.60. The molecule has 19 heavy (non-hydrogen) atoms. The van der Waals surface area contributed by atoms with Crippen molar-refractivity contribution in [3.63, 3.8) is 0 Å². The Morgan fingerprint density at radius 1 is 1.47 bits per heavy atom. The second-order valence-corrected chi connectivity index (χ2v) is 6.65. The first-order chi connectivity index (χ1) is 9.13. The third kappa shape index (κ3) is 2.99. The normalized spacial score (nSPS) is 22.1. The molecule has 0 N–H and O–H groups in total. The number of halogens is 1. The summed E-state index contributed by atoms with van der Waals surface area (Å²) in [6.07, 6.45) is 1.25. The van der Waals surface area contributed by atoms with Crippen LogP contribution in [0.15, 0.2) is 16.5 Å². The van der Waals surface area contributed by atoms with Gasteiger partial charge < -0.3 is 4.42 Å². The predicted octanol–water partition coefficient (Wildman–Crippen LogP) is 3.54. The lowest BCUT2D eigenvalue weighted by Gasteiger charge is -2.13. The highest BCUT2D eigenvalue weighted by molar-refractivity contribution is 7.10. The van der Waals surface area contributed by atoms with Gasteiger partial charge in [0, 0.05) is 24.0 Å². The van der Waals surface area contributed by atoms with Crippen LogP contribution in [0.1, 0.15) is 36.5 Å². The van der Waals surface area contributed by atoms with Crippen molar-refractivity contribution >= 4 is 23.1 Å². The van der Waals surface area contributed by atoms with E-state index in [1.807, 2.05) is 7.05 Å². The highest BCUT2D eigenvalue weighted by Crippen LogP contribution is 2.47. The van der Waals surface area contributed by atoms with Gasteiger partial charge in [0.15, 0.2) is 0 Å². The fourth-order valence-electron chi connectivity index (χ4n) is 2.27. The minimum atomic E-state index is 0.635. The lowest BCUT2D eigenvalue weighted by molar-refractivity contribution is 0.280. The number of hydrogen-bond donors (Lipinski definition) is 0. The summed E-state index contributed by atoms with van der Waals surface area (Å²) in [5, 5.41) is 4.02. The first-order valence-electron chi connectivity index (χ1n) is 6.37. The monoisotopic (exact) mass is 297 g/mol. The van der Waals surface area contributed by atoms with E-state index in [1.54, 1.807) is 0 Å². The maximum Gasteiger partial charge on any atom is 0.138 e. The Morgan fingerprint density at radius 3 is 2.89 bits per heavy atom. The fourth-order valence-corrected chi connectivity index (χ4v) is 2.88. The maximum atomic E-state index is 6.00. The van der Waals surface area contributed by atoms with Gasteiger partial charge in [-0.15, -0.1) is 5.10 Å². The quantitative estimate of drug-likeness (QED) is 0.846. The molecular formula is C13H16ClN3OS. The molecule has 1 saturated carbocycles. The molecular weight excluding hydrogens is 282 g/mol. The molecule has 0 aliphatic heterocycles. The Labute approximate surface area is 121 Å². The van der Waals surface area contributed by atoms with Crippen molar-refractivity contribution in [3.05, 3.63) is 33.7 Å². The molecule has 3 rings (SSSR count). The van der Waals surface area contributed by atoms with Crippen molar-refractivity contribution in [1.29, 1.82) is 0 Å². The van der Waals surface area contributed by atoms with Crippen molar-refractivity contribution in [3.8, 4) is 0 Å². The zero-order valence-electron chi connectivity index (χ0n) is 11.0. The summed E-state index contributed by atoms with van der Waals surface area (Å²) in [6.45, 7) is 3.70. The van der Waals surface area contributed by atoms with E-state index in [4.69, 9.17) is 16.0 Å². The molecule has 2 atom stereocenters. The van der Waals surface area contributed by atoms with Gasteiger partial charge >= 0.3 is 0 Å². The van der Waals surface area contributed by atoms with Gasteiger partial charge in [-0.25, -0.2) is 0 Å². The molecule has 2 unspecified atom stereocenters. The van der Waals surface area contributed by atoms with Crippen LogP contribution in [0.4, 0.5) is 0 Å². The second-order valence-electron chi connectivity index (χ2n) is 5.29. The molecule has 0 amide bonds. The van der Waals surface area contributed by atoms with Gasteiger partial charge in [-0.3, -0.25) is 4.90 Å². The standard InChI is InChI=1S/C13H16ClN3OS/c1-8-5-10(8)12-4-3-9(18-12)6-17(2)7-11-13(14)19-16-15-11/h3-4,8,10H,5-7H2,1-2H3. The molecule has 102 valence electrons. The summed E-state index contributed by atoms with van der Waals surface area (Å²) in [7, 11) is 2.03. The molecule has 1 fully saturated rings. The third-order valence-electron chi connectivity index (χ3n) is 3.51. The minimum Gasteiger partial charge on any atom is -0.464 e. The highest BCUT2D eigenvalue weighted by Gasteiger charge is 2.36. The van der Waals surface area contributed by atoms with E-state index in [9.17, 15) is 0 Å². The molecule has 0 spiro atoms. The second kappa shape index (κ2) is 5.23. The number of aromatic nitrogens is 2. The van der Waals surface area contributed by atoms with E-state index in [0.29, 0.717) is 16.8 Å². The van der Waals surface area contributed by atoms with Crippen LogP contribution in [0.3, 0.4) is 0 Å². The van der Waals surface area contributed by atoms with E-state index >= 15 is 0 Å². The molecule has 1 aliphatic carbocycles. The van der Waals surface area contributed by atoms with Gasteiger partial charge in [0.2, 0.25) is 0 Å². The van der Waals surface area contributed by atoms with Gasteiger partial charge in [-0.1, -0.05) is 23.0 Å². The summed E-state index contributed by atoms with van der Waals surface area (Å²) in [5.41, 5.74) is 0.830. The average molecular weight is 298 g/mol. The fraction of sp³-hybridized carbons (Fsp3) is 0.538. The van der Waals surface area contributed by atoms with E-state index in [0.717, 1.165) is 29.7 Å². The van der Waals surface area contributed by atoms with Crippen LogP contribution >= 0.6 is 23.1 Å². The first kappa shape index (κ1) is 13.1. The molecule has 1 aliphatic rings. The number of nitrogens with zero attached hydrogens (tertiary/aromatic N) is 3. The van der Waals surface area contributed by atoms with Gasteiger partial charge in [0.1, 0.15) is 21.6 Å². The molecule has 2 heterocycles. The molecule has 2 aromatic heterocycles. The largest absolute Gasteiger partial charge is 0.464 e. The highest BCUT2D eigenvalue weighted by atomic mass is 35.5. The summed E-state index contributed by atoms with van der Waals surface area (Å²) in [4.78, 5) is 2.13. The molecule has 4 nitrogen and oxygen atoms in total. The number of hydrogen-bond acceptors (Lipinski definition) is 5. The molecule has 6 heteroatoms. The van der Waals surface area contributed by atoms with Crippen LogP contribution in [0, 0.1) is 5.92 Å². The van der Waals surface area contributed by atoms with Crippen LogP contribution < -0.4 is 0 Å². The van der Waals surface area contributed by atoms with Crippen molar-refractivity contribution in [2.24, 2.45) is 5.92 Å². The van der Waals surface area contributed by atoms with E-state index in [2.05, 4.69) is 33.5 Å². The molecule has 0 saturated heterocycles. The maximum absolute atomic E-state index is 6.00. The summed E-state index contributed by atoms with van der Waals surface area (Å²) in [6, 6.07) is 4.17. The Bertz CT molecular complexity index is 568. The topological polar surface area (TPSA) is 42.2 Å². The van der Waals surface area contributed by atoms with Crippen LogP contribution in [-0.4, -0.2) is 21.5 Å². The average Bonchev–Trinajstić information content (AvgIpc) is 2.75. The lowest BCUT2D eigenvalue weighted by atomic mass is 10.3. The smallest absolute Gasteiger partial charge is 0.138 e. The first-order valence-corrected chi connectivity index (χ1v) is 7.52. The Hall–Kier alpha value is -0.910. The van der Waals surface area contributed by atoms with Gasteiger partial charge in [-0.05, 0) is 31.5 Å². The van der Waals surface area contributed by atoms with E-state index in [1.165, 1.54) is 18.0 Å². The zero-order chi connectivity index (χ0) is 13.4. The van der Waals surface area contributed by atoms with E-state index in [-0.39, 0.29) is 0 Å². The third-order valence-corrected chi connectivity index (χ3v) is 4.50. The molecule has 0 aromatic carbocycles. The Balaban J connectivity index is 1.58. The molecule has 2 aromatic rings. The van der Waals surface area contributed by atoms with Crippen molar-refractivity contribution in [1.82, 2.24) is 14.5 Å². The molecule has 0 bridgehead atoms. The van der Waals surface area contributed by atoms with Crippen LogP contribution in [-0.2, 0) is 13.1 Å². The van der Waals surface area contributed by atoms with Gasteiger partial charge in [0.05, 0.1) is 6.54 Å². The van der Waals surface area contributed by atoms with Crippen molar-refractivity contribution in [2.45, 2.75) is 32.4 Å². The number of furan rings is 1. The SMILES string of the molecule is CC1CC1c1ccc(CN(C)Cc2nnsc2Cl)o1. The zero-order valence-corrected chi connectivity index (χ0v) is 12.5. The van der Waals surface area contributed by atoms with Crippen molar-refractivity contribution < 1.29 is 4.42 Å². The predicted molar refractivity (Wildman–Crippen MR) is 75.3 cm³/mol. The summed E-state index contributed by atoms with van der Waals surface area (Å²) < 4.78 is 10.4. The van der Waals surface area contributed by atoms with E-state index < -0.39 is 0 Å². The summed E-state index contributed by atoms with van der Waals surface area (Å²) >= 11 is 7.22. The summed E-state index contributed by atoms with van der Waals surface area (Å²) in [5.74, 6) is 3.54. The lowest BCUT2D eigenvalue weighted by Crippen LogP contribution is -2.17. The Morgan fingerprint density at radius 2 is 2.26 bits per heavy atom. The minimum absolute atomic E-state index is 0.635. The van der Waals surface area contributed by atoms with Crippen molar-refractivity contribution in [2.75, 3.05) is 7.05 Å². The van der Waals surface area contributed by atoms with Crippen LogP contribution in [0.5, 0.6) is 0 Å². The molecule has 0 radical (unpaired) electrons.